The molecule has 0 atom stereocenters. The smallest absolute Gasteiger partial charge is 0.286 e. The summed E-state index contributed by atoms with van der Waals surface area (Å²) in [7, 11) is 0. The number of carbonyl (C=O) groups excluding carboxylic acids is 1. The summed E-state index contributed by atoms with van der Waals surface area (Å²) in [4.78, 5) is 12.1. The minimum absolute atomic E-state index is 0.201. The van der Waals surface area contributed by atoms with Gasteiger partial charge in [-0.15, -0.1) is 15.3 Å². The molecule has 1 N–H and O–H groups in total. The Hall–Kier alpha value is -2.39. The van der Waals surface area contributed by atoms with Crippen LogP contribution in [0.2, 0.25) is 4.47 Å². The second-order valence-electron chi connectivity index (χ2n) is 4.07. The number of aromatic nitrogens is 6. The van der Waals surface area contributed by atoms with E-state index >= 15 is 0 Å². The quantitative estimate of drug-likeness (QED) is 0.788. The Kier molecular flexibility index (Phi) is 3.59. The molecule has 1 amide bonds. The average Bonchev–Trinajstić information content (AvgIpc) is 3.12. The number of carbonyl (C=O) groups is 1. The lowest BCUT2D eigenvalue weighted by Crippen LogP contribution is -2.13. The van der Waals surface area contributed by atoms with Gasteiger partial charge in [0.2, 0.25) is 9.47 Å². The minimum Gasteiger partial charge on any atom is -0.320 e. The summed E-state index contributed by atoms with van der Waals surface area (Å²) < 4.78 is 1.72. The Morgan fingerprint density at radius 2 is 2.24 bits per heavy atom. The van der Waals surface area contributed by atoms with E-state index in [1.807, 2.05) is 19.1 Å². The zero-order chi connectivity index (χ0) is 14.8. The molecule has 106 valence electrons. The fraction of sp³-hybridized carbons (Fsp3) is 0.0909. The van der Waals surface area contributed by atoms with E-state index in [4.69, 9.17) is 11.6 Å². The van der Waals surface area contributed by atoms with Crippen LogP contribution in [0.25, 0.3) is 5.69 Å². The first-order valence-corrected chi connectivity index (χ1v) is 6.97. The summed E-state index contributed by atoms with van der Waals surface area (Å²) >= 11 is 6.69. The molecule has 0 aliphatic carbocycles. The topological polar surface area (TPSA) is 98.5 Å². The molecule has 2 aromatic heterocycles. The summed E-state index contributed by atoms with van der Waals surface area (Å²) in [6.07, 6.45) is 1.47. The summed E-state index contributed by atoms with van der Waals surface area (Å²) in [6.45, 7) is 1.88. The SMILES string of the molecule is Cc1ccc(-n2cnnn2)cc1NC(=O)c1nnc(Cl)s1. The zero-order valence-corrected chi connectivity index (χ0v) is 12.3. The number of amides is 1. The van der Waals surface area contributed by atoms with E-state index in [1.54, 1.807) is 6.07 Å². The van der Waals surface area contributed by atoms with Crippen LogP contribution in [0, 0.1) is 6.92 Å². The van der Waals surface area contributed by atoms with Crippen molar-refractivity contribution in [2.24, 2.45) is 0 Å². The molecule has 0 saturated heterocycles. The van der Waals surface area contributed by atoms with Crippen molar-refractivity contribution in [3.63, 3.8) is 0 Å². The van der Waals surface area contributed by atoms with Crippen LogP contribution in [0.3, 0.4) is 0 Å². The first-order valence-electron chi connectivity index (χ1n) is 5.78. The molecule has 1 aromatic carbocycles. The minimum atomic E-state index is -0.364. The van der Waals surface area contributed by atoms with Crippen LogP contribution in [-0.4, -0.2) is 36.3 Å². The maximum atomic E-state index is 12.1. The van der Waals surface area contributed by atoms with Gasteiger partial charge in [0.05, 0.1) is 5.69 Å². The Labute approximate surface area is 127 Å². The molecule has 8 nitrogen and oxygen atoms in total. The highest BCUT2D eigenvalue weighted by atomic mass is 35.5. The van der Waals surface area contributed by atoms with Gasteiger partial charge >= 0.3 is 0 Å². The van der Waals surface area contributed by atoms with Crippen molar-refractivity contribution in [1.29, 1.82) is 0 Å². The van der Waals surface area contributed by atoms with Crippen molar-refractivity contribution in [2.45, 2.75) is 6.92 Å². The monoisotopic (exact) mass is 321 g/mol. The predicted octanol–water partition coefficient (Wildman–Crippen LogP) is 1.73. The Balaban J connectivity index is 1.88. The number of hydrogen-bond donors (Lipinski definition) is 1. The van der Waals surface area contributed by atoms with Crippen molar-refractivity contribution >= 4 is 34.5 Å². The number of benzene rings is 1. The molecular weight excluding hydrogens is 314 g/mol. The highest BCUT2D eigenvalue weighted by Gasteiger charge is 2.14. The zero-order valence-electron chi connectivity index (χ0n) is 10.7. The normalized spacial score (nSPS) is 10.6. The molecule has 0 bridgehead atoms. The lowest BCUT2D eigenvalue weighted by molar-refractivity contribution is 0.102. The molecular formula is C11H8ClN7OS. The van der Waals surface area contributed by atoms with Gasteiger partial charge in [-0.05, 0) is 46.6 Å². The van der Waals surface area contributed by atoms with Gasteiger partial charge in [0, 0.05) is 5.69 Å². The first kappa shape index (κ1) is 13.6. The Morgan fingerprint density at radius 3 is 2.90 bits per heavy atom. The van der Waals surface area contributed by atoms with Gasteiger partial charge in [-0.2, -0.15) is 0 Å². The third kappa shape index (κ3) is 2.88. The van der Waals surface area contributed by atoms with Gasteiger partial charge in [-0.3, -0.25) is 4.79 Å². The second-order valence-corrected chi connectivity index (χ2v) is 5.63. The highest BCUT2D eigenvalue weighted by Crippen LogP contribution is 2.21. The molecule has 0 fully saturated rings. The van der Waals surface area contributed by atoms with Crippen LogP contribution in [0.4, 0.5) is 5.69 Å². The van der Waals surface area contributed by atoms with E-state index < -0.39 is 0 Å². The van der Waals surface area contributed by atoms with Gasteiger partial charge in [0.15, 0.2) is 0 Å². The standard InChI is InChI=1S/C11H8ClN7OS/c1-6-2-3-7(19-5-13-17-18-19)4-8(6)14-9(20)10-15-16-11(12)21-10/h2-5H,1H3,(H,14,20). The van der Waals surface area contributed by atoms with Crippen molar-refractivity contribution in [1.82, 2.24) is 30.4 Å². The fourth-order valence-corrected chi connectivity index (χ4v) is 2.36. The van der Waals surface area contributed by atoms with Gasteiger partial charge < -0.3 is 5.32 Å². The fourth-order valence-electron chi connectivity index (χ4n) is 1.64. The van der Waals surface area contributed by atoms with Gasteiger partial charge in [0.25, 0.3) is 5.91 Å². The lowest BCUT2D eigenvalue weighted by Gasteiger charge is -2.09. The predicted molar refractivity (Wildman–Crippen MR) is 76.8 cm³/mol. The van der Waals surface area contributed by atoms with Gasteiger partial charge in [-0.1, -0.05) is 17.4 Å². The third-order valence-electron chi connectivity index (χ3n) is 2.68. The van der Waals surface area contributed by atoms with Crippen LogP contribution in [-0.2, 0) is 0 Å². The molecule has 0 aliphatic rings. The number of hydrogen-bond acceptors (Lipinski definition) is 7. The average molecular weight is 322 g/mol. The maximum absolute atomic E-state index is 12.1. The van der Waals surface area contributed by atoms with Crippen LogP contribution in [0.5, 0.6) is 0 Å². The highest BCUT2D eigenvalue weighted by molar-refractivity contribution is 7.17. The summed E-state index contributed by atoms with van der Waals surface area (Å²) in [5, 5.41) is 21.2. The summed E-state index contributed by atoms with van der Waals surface area (Å²) in [6, 6.07) is 5.48. The first-order chi connectivity index (χ1) is 10.1. The third-order valence-corrected chi connectivity index (χ3v) is 3.70. The Bertz CT molecular complexity index is 786. The van der Waals surface area contributed by atoms with E-state index in [0.29, 0.717) is 5.69 Å². The maximum Gasteiger partial charge on any atom is 0.286 e. The lowest BCUT2D eigenvalue weighted by atomic mass is 10.2. The number of nitrogens with one attached hydrogen (secondary N) is 1. The summed E-state index contributed by atoms with van der Waals surface area (Å²) in [5.41, 5.74) is 2.27. The molecule has 2 heterocycles. The number of anilines is 1. The molecule has 21 heavy (non-hydrogen) atoms. The molecule has 10 heteroatoms. The molecule has 0 unspecified atom stereocenters. The van der Waals surface area contributed by atoms with Crippen LogP contribution in [0.15, 0.2) is 24.5 Å². The van der Waals surface area contributed by atoms with E-state index in [9.17, 15) is 4.79 Å². The number of aryl methyl sites for hydroxylation is 1. The van der Waals surface area contributed by atoms with E-state index in [-0.39, 0.29) is 15.4 Å². The molecule has 3 rings (SSSR count). The van der Waals surface area contributed by atoms with Crippen LogP contribution in [0.1, 0.15) is 15.4 Å². The number of tetrazole rings is 1. The molecule has 0 aliphatic heterocycles. The van der Waals surface area contributed by atoms with Crippen molar-refractivity contribution in [3.8, 4) is 5.69 Å². The largest absolute Gasteiger partial charge is 0.320 e. The molecule has 3 aromatic rings. The van der Waals surface area contributed by atoms with E-state index in [2.05, 4.69) is 31.0 Å². The molecule has 0 radical (unpaired) electrons. The van der Waals surface area contributed by atoms with E-state index in [1.165, 1.54) is 11.0 Å². The van der Waals surface area contributed by atoms with Crippen LogP contribution >= 0.6 is 22.9 Å². The van der Waals surface area contributed by atoms with Crippen molar-refractivity contribution < 1.29 is 4.79 Å². The second kappa shape index (κ2) is 5.54. The number of rotatable bonds is 3. The molecule has 0 saturated carbocycles. The van der Waals surface area contributed by atoms with Gasteiger partial charge in [0.1, 0.15) is 6.33 Å². The van der Waals surface area contributed by atoms with Crippen molar-refractivity contribution in [2.75, 3.05) is 5.32 Å². The van der Waals surface area contributed by atoms with E-state index in [0.717, 1.165) is 22.6 Å². The van der Waals surface area contributed by atoms with Gasteiger partial charge in [-0.25, -0.2) is 4.68 Å². The van der Waals surface area contributed by atoms with Crippen molar-refractivity contribution in [3.05, 3.63) is 39.6 Å². The Morgan fingerprint density at radius 1 is 1.38 bits per heavy atom. The number of halogens is 1. The number of nitrogens with zero attached hydrogens (tertiary/aromatic N) is 6. The van der Waals surface area contributed by atoms with Crippen LogP contribution < -0.4 is 5.32 Å². The molecule has 0 spiro atoms. The summed E-state index contributed by atoms with van der Waals surface area (Å²) in [5.74, 6) is -0.364.